The van der Waals surface area contributed by atoms with E-state index in [0.717, 1.165) is 61.3 Å². The van der Waals surface area contributed by atoms with Gasteiger partial charge in [-0.05, 0) is 71.8 Å². The van der Waals surface area contributed by atoms with Crippen molar-refractivity contribution in [3.8, 4) is 27.9 Å². The second kappa shape index (κ2) is 13.1. The molecule has 0 bridgehead atoms. The molecule has 0 saturated carbocycles. The Labute approximate surface area is 338 Å². The largest absolute Gasteiger partial charge is 0.456 e. The van der Waals surface area contributed by atoms with Crippen molar-refractivity contribution in [2.75, 3.05) is 4.90 Å². The van der Waals surface area contributed by atoms with Gasteiger partial charge in [-0.2, -0.15) is 0 Å². The molecule has 0 atom stereocenters. The van der Waals surface area contributed by atoms with Gasteiger partial charge in [0.15, 0.2) is 0 Å². The third kappa shape index (κ3) is 5.05. The minimum Gasteiger partial charge on any atom is -0.456 e. The Kier molecular flexibility index (Phi) is 7.40. The van der Waals surface area contributed by atoms with Gasteiger partial charge in [0.1, 0.15) is 11.2 Å². The minimum atomic E-state index is 0.897. The zero-order chi connectivity index (χ0) is 38.2. The van der Waals surface area contributed by atoms with Crippen LogP contribution < -0.4 is 4.90 Å². The van der Waals surface area contributed by atoms with Crippen LogP contribution in [-0.2, 0) is 0 Å². The highest BCUT2D eigenvalue weighted by molar-refractivity contribution is 7.26. The molecule has 0 spiro atoms. The molecule has 58 heavy (non-hydrogen) atoms. The Hall–Kier alpha value is -7.40. The van der Waals surface area contributed by atoms with E-state index in [1.807, 2.05) is 23.5 Å². The van der Waals surface area contributed by atoms with Gasteiger partial charge in [0.05, 0.1) is 32.8 Å². The third-order valence-electron chi connectivity index (χ3n) is 11.6. The van der Waals surface area contributed by atoms with Crippen LogP contribution in [0.2, 0.25) is 0 Å². The summed E-state index contributed by atoms with van der Waals surface area (Å²) in [6, 6.07) is 74.6. The van der Waals surface area contributed by atoms with Crippen molar-refractivity contribution in [3.63, 3.8) is 0 Å². The highest BCUT2D eigenvalue weighted by Gasteiger charge is 2.23. The molecule has 0 unspecified atom stereocenters. The van der Waals surface area contributed by atoms with E-state index in [-0.39, 0.29) is 0 Å². The van der Waals surface area contributed by atoms with Crippen LogP contribution in [0.4, 0.5) is 17.1 Å². The number of fused-ring (bicyclic) bond motifs is 9. The Morgan fingerprint density at radius 1 is 0.397 bits per heavy atom. The summed E-state index contributed by atoms with van der Waals surface area (Å²) in [5.74, 6) is 0. The minimum absolute atomic E-state index is 0.897. The van der Waals surface area contributed by atoms with Crippen LogP contribution in [0, 0.1) is 0 Å². The molecule has 3 aromatic heterocycles. The lowest BCUT2D eigenvalue weighted by atomic mass is 10.0. The highest BCUT2D eigenvalue weighted by Crippen LogP contribution is 2.48. The standard InChI is InChI=1S/C54H34N2OS/c1-2-15-35(16-3-1)38-17-4-9-23-46(38)55(49-26-14-22-44-43-21-8-13-28-53(43)58-54(44)49)37-30-31-41-40-19-6-11-25-48(40)56(50(41)34-37)47-24-10-5-18-39(47)36-29-32-52-45(33-36)42-20-7-12-27-51(42)57-52/h1-34H. The summed E-state index contributed by atoms with van der Waals surface area (Å²) in [7, 11) is 0. The molecule has 0 aliphatic heterocycles. The number of hydrogen-bond donors (Lipinski definition) is 0. The number of hydrogen-bond acceptors (Lipinski definition) is 3. The van der Waals surface area contributed by atoms with E-state index in [9.17, 15) is 0 Å². The van der Waals surface area contributed by atoms with Crippen molar-refractivity contribution in [3.05, 3.63) is 206 Å². The fourth-order valence-electron chi connectivity index (χ4n) is 9.01. The molecular weight excluding hydrogens is 725 g/mol. The first kappa shape index (κ1) is 32.8. The second-order valence-electron chi connectivity index (χ2n) is 14.9. The van der Waals surface area contributed by atoms with Crippen LogP contribution in [0.1, 0.15) is 0 Å². The van der Waals surface area contributed by atoms with E-state index in [0.29, 0.717) is 0 Å². The summed E-state index contributed by atoms with van der Waals surface area (Å²) in [6.07, 6.45) is 0. The smallest absolute Gasteiger partial charge is 0.135 e. The normalized spacial score (nSPS) is 11.8. The quantitative estimate of drug-likeness (QED) is 0.168. The number of para-hydroxylation sites is 4. The average Bonchev–Trinajstić information content (AvgIpc) is 3.96. The van der Waals surface area contributed by atoms with Crippen LogP contribution in [-0.4, -0.2) is 4.57 Å². The molecule has 272 valence electrons. The van der Waals surface area contributed by atoms with E-state index in [2.05, 4.69) is 204 Å². The SMILES string of the molecule is c1ccc(-c2ccccc2N(c2ccc3c4ccccc4n(-c4ccccc4-c4ccc5oc6ccccc6c5c4)c3c2)c2cccc3c2sc2ccccc23)cc1. The van der Waals surface area contributed by atoms with Gasteiger partial charge in [-0.1, -0.05) is 146 Å². The molecule has 12 aromatic rings. The summed E-state index contributed by atoms with van der Waals surface area (Å²) in [6.45, 7) is 0. The molecule has 0 aliphatic rings. The predicted octanol–water partition coefficient (Wildman–Crippen LogP) is 15.9. The van der Waals surface area contributed by atoms with Gasteiger partial charge in [0, 0.05) is 53.8 Å². The van der Waals surface area contributed by atoms with E-state index in [1.54, 1.807) is 0 Å². The van der Waals surface area contributed by atoms with Gasteiger partial charge in [-0.3, -0.25) is 0 Å². The summed E-state index contributed by atoms with van der Waals surface area (Å²) in [5.41, 5.74) is 13.3. The molecule has 0 aliphatic carbocycles. The lowest BCUT2D eigenvalue weighted by molar-refractivity contribution is 0.669. The summed E-state index contributed by atoms with van der Waals surface area (Å²) >= 11 is 1.86. The molecule has 3 nitrogen and oxygen atoms in total. The lowest BCUT2D eigenvalue weighted by Gasteiger charge is -2.28. The number of thiophene rings is 1. The molecular formula is C54H34N2OS. The van der Waals surface area contributed by atoms with Gasteiger partial charge >= 0.3 is 0 Å². The van der Waals surface area contributed by atoms with Crippen molar-refractivity contribution in [2.45, 2.75) is 0 Å². The molecule has 0 amide bonds. The van der Waals surface area contributed by atoms with Crippen molar-refractivity contribution < 1.29 is 4.42 Å². The first-order valence-corrected chi connectivity index (χ1v) is 20.5. The van der Waals surface area contributed by atoms with Crippen molar-refractivity contribution in [1.82, 2.24) is 4.57 Å². The zero-order valence-corrected chi connectivity index (χ0v) is 32.2. The summed E-state index contributed by atoms with van der Waals surface area (Å²) < 4.78 is 11.3. The number of rotatable bonds is 6. The number of aromatic nitrogens is 1. The monoisotopic (exact) mass is 758 g/mol. The Balaban J connectivity index is 1.13. The lowest BCUT2D eigenvalue weighted by Crippen LogP contribution is -2.11. The van der Waals surface area contributed by atoms with Gasteiger partial charge in [-0.15, -0.1) is 11.3 Å². The third-order valence-corrected chi connectivity index (χ3v) is 12.8. The molecule has 0 saturated heterocycles. The summed E-state index contributed by atoms with van der Waals surface area (Å²) in [5, 5.41) is 7.24. The topological polar surface area (TPSA) is 21.3 Å². The fraction of sp³-hybridized carbons (Fsp3) is 0. The Bertz CT molecular complexity index is 3540. The van der Waals surface area contributed by atoms with Gasteiger partial charge in [-0.25, -0.2) is 0 Å². The predicted molar refractivity (Wildman–Crippen MR) is 247 cm³/mol. The zero-order valence-electron chi connectivity index (χ0n) is 31.3. The number of furan rings is 1. The van der Waals surface area contributed by atoms with Crippen molar-refractivity contribution in [2.24, 2.45) is 0 Å². The van der Waals surface area contributed by atoms with Gasteiger partial charge in [0.25, 0.3) is 0 Å². The fourth-order valence-corrected chi connectivity index (χ4v) is 10.2. The van der Waals surface area contributed by atoms with E-state index >= 15 is 0 Å². The molecule has 4 heteroatoms. The van der Waals surface area contributed by atoms with Crippen molar-refractivity contribution in [1.29, 1.82) is 0 Å². The summed E-state index contributed by atoms with van der Waals surface area (Å²) in [4.78, 5) is 2.48. The number of nitrogens with zero attached hydrogens (tertiary/aromatic N) is 2. The van der Waals surface area contributed by atoms with Crippen LogP contribution in [0.15, 0.2) is 211 Å². The molecule has 0 N–H and O–H groups in total. The molecule has 0 radical (unpaired) electrons. The average molecular weight is 759 g/mol. The molecule has 0 fully saturated rings. The van der Waals surface area contributed by atoms with E-state index < -0.39 is 0 Å². The van der Waals surface area contributed by atoms with Crippen LogP contribution in [0.3, 0.4) is 0 Å². The number of benzene rings is 9. The Morgan fingerprint density at radius 2 is 1.07 bits per heavy atom. The van der Waals surface area contributed by atoms with Crippen molar-refractivity contribution >= 4 is 92.3 Å². The molecule has 9 aromatic carbocycles. The van der Waals surface area contributed by atoms with Gasteiger partial charge < -0.3 is 13.9 Å². The number of anilines is 3. The van der Waals surface area contributed by atoms with Crippen LogP contribution in [0.5, 0.6) is 0 Å². The molecule has 3 heterocycles. The van der Waals surface area contributed by atoms with Gasteiger partial charge in [0.2, 0.25) is 0 Å². The van der Waals surface area contributed by atoms with E-state index in [4.69, 9.17) is 4.42 Å². The maximum Gasteiger partial charge on any atom is 0.135 e. The maximum absolute atomic E-state index is 6.24. The first-order valence-electron chi connectivity index (χ1n) is 19.7. The highest BCUT2D eigenvalue weighted by atomic mass is 32.1. The van der Waals surface area contributed by atoms with E-state index in [1.165, 1.54) is 47.6 Å². The first-order chi connectivity index (χ1) is 28.8. The Morgan fingerprint density at radius 3 is 1.98 bits per heavy atom. The molecule has 12 rings (SSSR count). The second-order valence-corrected chi connectivity index (χ2v) is 15.9. The van der Waals surface area contributed by atoms with Crippen LogP contribution >= 0.6 is 11.3 Å². The maximum atomic E-state index is 6.24. The van der Waals surface area contributed by atoms with Crippen LogP contribution in [0.25, 0.3) is 91.9 Å².